The van der Waals surface area contributed by atoms with E-state index < -0.39 is 0 Å². The van der Waals surface area contributed by atoms with Crippen LogP contribution in [-0.4, -0.2) is 24.1 Å². The highest BCUT2D eigenvalue weighted by atomic mass is 15.1. The molecule has 52 heavy (non-hydrogen) atoms. The smallest absolute Gasteiger partial charge is 0.160 e. The number of hydrogen-bond acceptors (Lipinski definition) is 4. The van der Waals surface area contributed by atoms with Crippen LogP contribution < -0.4 is 0 Å². The second-order valence-electron chi connectivity index (χ2n) is 12.8. The molecule has 0 unspecified atom stereocenters. The molecule has 0 aliphatic heterocycles. The summed E-state index contributed by atoms with van der Waals surface area (Å²) >= 11 is 0. The third-order valence-electron chi connectivity index (χ3n) is 9.80. The molecule has 10 rings (SSSR count). The number of benzene rings is 6. The number of fused-ring (bicyclic) bond motifs is 7. The maximum atomic E-state index is 9.58. The van der Waals surface area contributed by atoms with Gasteiger partial charge < -0.3 is 4.57 Å². The van der Waals surface area contributed by atoms with Crippen LogP contribution >= 0.6 is 0 Å². The lowest BCUT2D eigenvalue weighted by Crippen LogP contribution is -1.98. The first-order valence-electron chi connectivity index (χ1n) is 17.2. The number of hydrogen-bond donors (Lipinski definition) is 0. The van der Waals surface area contributed by atoms with E-state index in [9.17, 15) is 5.26 Å². The topological polar surface area (TPSA) is 72.3 Å². The summed E-state index contributed by atoms with van der Waals surface area (Å²) in [4.78, 5) is 14.9. The molecule has 6 heteroatoms. The Bertz CT molecular complexity index is 3010. The molecule has 6 nitrogen and oxygen atoms in total. The summed E-state index contributed by atoms with van der Waals surface area (Å²) in [6.45, 7) is 0. The van der Waals surface area contributed by atoms with Crippen molar-refractivity contribution in [3.63, 3.8) is 0 Å². The Morgan fingerprint density at radius 2 is 1.15 bits per heavy atom. The molecule has 0 saturated heterocycles. The summed E-state index contributed by atoms with van der Waals surface area (Å²) in [6.07, 6.45) is 1.87. The summed E-state index contributed by atoms with van der Waals surface area (Å²) in [5.41, 5.74) is 11.4. The van der Waals surface area contributed by atoms with Crippen LogP contribution in [0.2, 0.25) is 0 Å². The lowest BCUT2D eigenvalue weighted by atomic mass is 10.1. The Balaban J connectivity index is 1.19. The van der Waals surface area contributed by atoms with E-state index in [1.54, 1.807) is 6.07 Å². The lowest BCUT2D eigenvalue weighted by molar-refractivity contribution is 1.14. The maximum Gasteiger partial charge on any atom is 0.160 e. The van der Waals surface area contributed by atoms with Gasteiger partial charge in [-0.1, -0.05) is 97.1 Å². The van der Waals surface area contributed by atoms with Crippen LogP contribution in [0.25, 0.3) is 89.0 Å². The van der Waals surface area contributed by atoms with Gasteiger partial charge in [0.1, 0.15) is 5.65 Å². The van der Waals surface area contributed by atoms with Crippen LogP contribution in [0.1, 0.15) is 5.56 Å². The molecule has 6 aromatic carbocycles. The average molecular weight is 665 g/mol. The third kappa shape index (κ3) is 4.68. The molecule has 0 N–H and O–H groups in total. The number of para-hydroxylation sites is 2. The molecule has 242 valence electrons. The largest absolute Gasteiger partial charge is 0.309 e. The monoisotopic (exact) mass is 664 g/mol. The van der Waals surface area contributed by atoms with Crippen LogP contribution in [0.15, 0.2) is 170 Å². The highest BCUT2D eigenvalue weighted by molar-refractivity contribution is 6.25. The fourth-order valence-electron chi connectivity index (χ4n) is 7.48. The van der Waals surface area contributed by atoms with Gasteiger partial charge in [0.15, 0.2) is 5.82 Å². The average Bonchev–Trinajstić information content (AvgIpc) is 3.74. The summed E-state index contributed by atoms with van der Waals surface area (Å²) in [7, 11) is 0. The zero-order valence-electron chi connectivity index (χ0n) is 27.8. The Hall–Kier alpha value is -7.36. The van der Waals surface area contributed by atoms with Gasteiger partial charge in [-0.2, -0.15) is 5.26 Å². The van der Waals surface area contributed by atoms with E-state index in [0.29, 0.717) is 11.4 Å². The minimum atomic E-state index is 0.568. The molecular weight excluding hydrogens is 637 g/mol. The normalized spacial score (nSPS) is 11.4. The van der Waals surface area contributed by atoms with E-state index in [0.717, 1.165) is 72.4 Å². The molecule has 0 aliphatic rings. The Labute approximate surface area is 299 Å². The van der Waals surface area contributed by atoms with Crippen molar-refractivity contribution in [2.45, 2.75) is 0 Å². The second kappa shape index (κ2) is 11.9. The van der Waals surface area contributed by atoms with Crippen LogP contribution in [0, 0.1) is 11.3 Å². The zero-order chi connectivity index (χ0) is 34.6. The summed E-state index contributed by atoms with van der Waals surface area (Å²) in [5.74, 6) is 0.571. The van der Waals surface area contributed by atoms with Crippen molar-refractivity contribution in [1.29, 1.82) is 5.26 Å². The number of aromatic nitrogens is 5. The van der Waals surface area contributed by atoms with Gasteiger partial charge >= 0.3 is 0 Å². The summed E-state index contributed by atoms with van der Waals surface area (Å²) in [5, 5.41) is 14.2. The van der Waals surface area contributed by atoms with Gasteiger partial charge in [-0.15, -0.1) is 0 Å². The first-order chi connectivity index (χ1) is 25.7. The predicted molar refractivity (Wildman–Crippen MR) is 210 cm³/mol. The standard InChI is InChI=1S/C46H28N6/c47-29-30-11-9-14-33(27-30)45-49-39(31-12-3-1-4-13-31)28-40(50-45)32-20-22-35(23-21-32)52-44-36(37-18-10-26-48-46(37)52)24-25-42-43(44)38-17-7-8-19-41(38)51(42)34-15-5-2-6-16-34/h1-28H. The molecule has 0 atom stereocenters. The molecule has 4 aromatic heterocycles. The van der Waals surface area contributed by atoms with Crippen molar-refractivity contribution in [3.8, 4) is 51.3 Å². The van der Waals surface area contributed by atoms with Crippen LogP contribution in [0.5, 0.6) is 0 Å². The molecule has 0 amide bonds. The number of rotatable bonds is 5. The van der Waals surface area contributed by atoms with Gasteiger partial charge in [-0.3, -0.25) is 4.57 Å². The Kier molecular flexibility index (Phi) is 6.76. The van der Waals surface area contributed by atoms with Crippen molar-refractivity contribution in [1.82, 2.24) is 24.1 Å². The van der Waals surface area contributed by atoms with Crippen molar-refractivity contribution in [2.75, 3.05) is 0 Å². The fourth-order valence-corrected chi connectivity index (χ4v) is 7.48. The van der Waals surface area contributed by atoms with Crippen molar-refractivity contribution >= 4 is 43.7 Å². The number of pyridine rings is 1. The van der Waals surface area contributed by atoms with E-state index in [1.807, 2.05) is 54.7 Å². The molecule has 0 radical (unpaired) electrons. The SMILES string of the molecule is N#Cc1cccc(-c2nc(-c3ccccc3)cc(-c3ccc(-n4c5ncccc5c5ccc6c(c7ccccc7n6-c6ccccc6)c54)cc3)n2)c1. The molecule has 0 bridgehead atoms. The zero-order valence-corrected chi connectivity index (χ0v) is 27.8. The maximum absolute atomic E-state index is 9.58. The Morgan fingerprint density at radius 3 is 1.94 bits per heavy atom. The van der Waals surface area contributed by atoms with Crippen molar-refractivity contribution < 1.29 is 0 Å². The quantitative estimate of drug-likeness (QED) is 0.184. The molecule has 0 saturated carbocycles. The molecule has 0 aliphatic carbocycles. The number of nitrogens with zero attached hydrogens (tertiary/aromatic N) is 6. The first-order valence-corrected chi connectivity index (χ1v) is 17.2. The minimum absolute atomic E-state index is 0.568. The molecule has 10 aromatic rings. The van der Waals surface area contributed by atoms with E-state index >= 15 is 0 Å². The van der Waals surface area contributed by atoms with Crippen LogP contribution in [0.4, 0.5) is 0 Å². The van der Waals surface area contributed by atoms with Gasteiger partial charge in [0, 0.05) is 55.8 Å². The predicted octanol–water partition coefficient (Wildman–Crippen LogP) is 10.9. The first kappa shape index (κ1) is 29.5. The molecule has 0 fully saturated rings. The second-order valence-corrected chi connectivity index (χ2v) is 12.8. The van der Waals surface area contributed by atoms with Gasteiger partial charge in [-0.25, -0.2) is 15.0 Å². The van der Waals surface area contributed by atoms with Gasteiger partial charge in [-0.05, 0) is 66.7 Å². The minimum Gasteiger partial charge on any atom is -0.309 e. The van der Waals surface area contributed by atoms with E-state index in [2.05, 4.69) is 124 Å². The summed E-state index contributed by atoms with van der Waals surface area (Å²) < 4.78 is 4.65. The van der Waals surface area contributed by atoms with E-state index in [4.69, 9.17) is 15.0 Å². The molecular formula is C46H28N6. The van der Waals surface area contributed by atoms with Crippen molar-refractivity contribution in [2.24, 2.45) is 0 Å². The number of nitriles is 1. The molecule has 0 spiro atoms. The van der Waals surface area contributed by atoms with Gasteiger partial charge in [0.05, 0.1) is 39.6 Å². The van der Waals surface area contributed by atoms with E-state index in [1.165, 1.54) is 10.8 Å². The highest BCUT2D eigenvalue weighted by Gasteiger charge is 2.21. The Morgan fingerprint density at radius 1 is 0.481 bits per heavy atom. The van der Waals surface area contributed by atoms with Crippen LogP contribution in [-0.2, 0) is 0 Å². The van der Waals surface area contributed by atoms with Gasteiger partial charge in [0.25, 0.3) is 0 Å². The summed E-state index contributed by atoms with van der Waals surface area (Å²) in [6, 6.07) is 58.2. The third-order valence-corrected chi connectivity index (χ3v) is 9.80. The van der Waals surface area contributed by atoms with Crippen molar-refractivity contribution in [3.05, 3.63) is 176 Å². The molecule has 4 heterocycles. The van der Waals surface area contributed by atoms with Gasteiger partial charge in [0.2, 0.25) is 0 Å². The highest BCUT2D eigenvalue weighted by Crippen LogP contribution is 2.41. The van der Waals surface area contributed by atoms with Crippen LogP contribution in [0.3, 0.4) is 0 Å². The lowest BCUT2D eigenvalue weighted by Gasteiger charge is -2.12. The van der Waals surface area contributed by atoms with E-state index in [-0.39, 0.29) is 0 Å². The fraction of sp³-hybridized carbons (Fsp3) is 0.